The van der Waals surface area contributed by atoms with Gasteiger partial charge in [-0.3, -0.25) is 9.05 Å². The molecule has 0 aromatic rings. The zero-order chi connectivity index (χ0) is 25.4. The standard InChI is InChI=1S/C29H52NO4P/c1-20(2)7-6-8-21(3)25-11-12-26-24-10-9-22-19-23(34-35(31,32)33-18-17-30)13-15-28(22,4)27(24)14-16-29(25,26)5/h9,20-21,23-27H,6-8,10-19,30H2,1-5H3,(H,31,32)/t21-,23+,24+,25-,26+,27+,28+,29-/m1/s1. The van der Waals surface area contributed by atoms with Gasteiger partial charge < -0.3 is 10.6 Å². The first kappa shape index (κ1) is 27.8. The van der Waals surface area contributed by atoms with Crippen LogP contribution in [0.5, 0.6) is 0 Å². The molecule has 0 aliphatic heterocycles. The van der Waals surface area contributed by atoms with E-state index in [1.54, 1.807) is 0 Å². The van der Waals surface area contributed by atoms with E-state index in [-0.39, 0.29) is 24.7 Å². The van der Waals surface area contributed by atoms with Gasteiger partial charge in [0.25, 0.3) is 0 Å². The summed E-state index contributed by atoms with van der Waals surface area (Å²) < 4.78 is 22.9. The third-order valence-corrected chi connectivity index (χ3v) is 12.0. The first-order chi connectivity index (χ1) is 16.5. The number of nitrogens with two attached hydrogens (primary N) is 1. The van der Waals surface area contributed by atoms with E-state index in [0.29, 0.717) is 5.41 Å². The smallest absolute Gasteiger partial charge is 0.328 e. The number of rotatable bonds is 10. The zero-order valence-electron chi connectivity index (χ0n) is 23.0. The fourth-order valence-electron chi connectivity index (χ4n) is 9.13. The quantitative estimate of drug-likeness (QED) is 0.235. The van der Waals surface area contributed by atoms with Gasteiger partial charge in [0.05, 0.1) is 12.7 Å². The van der Waals surface area contributed by atoms with Gasteiger partial charge in [0.15, 0.2) is 0 Å². The van der Waals surface area contributed by atoms with Crippen LogP contribution in [0.4, 0.5) is 0 Å². The molecule has 0 aromatic heterocycles. The summed E-state index contributed by atoms with van der Waals surface area (Å²) in [6.45, 7) is 12.6. The molecule has 9 atom stereocenters. The molecular formula is C29H52NO4P. The molecular weight excluding hydrogens is 457 g/mol. The van der Waals surface area contributed by atoms with Crippen LogP contribution in [0.1, 0.15) is 105 Å². The second-order valence-corrected chi connectivity index (χ2v) is 14.8. The van der Waals surface area contributed by atoms with Crippen LogP contribution in [0.25, 0.3) is 0 Å². The number of fused-ring (bicyclic) bond motifs is 5. The largest absolute Gasteiger partial charge is 0.472 e. The Hall–Kier alpha value is -0.190. The second-order valence-electron chi connectivity index (χ2n) is 13.4. The Kier molecular flexibility index (Phi) is 8.66. The lowest BCUT2D eigenvalue weighted by Crippen LogP contribution is -2.51. The molecule has 1 unspecified atom stereocenters. The molecule has 0 heterocycles. The van der Waals surface area contributed by atoms with Gasteiger partial charge in [0.2, 0.25) is 0 Å². The maximum Gasteiger partial charge on any atom is 0.472 e. The summed E-state index contributed by atoms with van der Waals surface area (Å²) in [6.07, 6.45) is 15.8. The number of hydrogen-bond acceptors (Lipinski definition) is 4. The first-order valence-corrected chi connectivity index (χ1v) is 16.0. The predicted molar refractivity (Wildman–Crippen MR) is 143 cm³/mol. The van der Waals surface area contributed by atoms with Crippen LogP contribution in [0.15, 0.2) is 11.6 Å². The summed E-state index contributed by atoms with van der Waals surface area (Å²) in [4.78, 5) is 10.1. The van der Waals surface area contributed by atoms with Crippen molar-refractivity contribution in [2.24, 2.45) is 52.1 Å². The van der Waals surface area contributed by atoms with Crippen molar-refractivity contribution < 1.29 is 18.5 Å². The van der Waals surface area contributed by atoms with Gasteiger partial charge in [-0.1, -0.05) is 65.5 Å². The number of phosphoric acid groups is 1. The summed E-state index contributed by atoms with van der Waals surface area (Å²) in [5.41, 5.74) is 7.60. The van der Waals surface area contributed by atoms with Crippen molar-refractivity contribution in [3.8, 4) is 0 Å². The lowest BCUT2D eigenvalue weighted by Gasteiger charge is -2.58. The van der Waals surface area contributed by atoms with Crippen molar-refractivity contribution in [3.05, 3.63) is 11.6 Å². The molecule has 3 N–H and O–H groups in total. The third-order valence-electron chi connectivity index (χ3n) is 10.9. The highest BCUT2D eigenvalue weighted by Crippen LogP contribution is 2.67. The minimum absolute atomic E-state index is 0.0438. The Morgan fingerprint density at radius 2 is 1.89 bits per heavy atom. The van der Waals surface area contributed by atoms with Crippen LogP contribution in [-0.2, 0) is 13.6 Å². The Balaban J connectivity index is 1.43. The lowest BCUT2D eigenvalue weighted by atomic mass is 9.47. The summed E-state index contributed by atoms with van der Waals surface area (Å²) in [5.74, 6) is 4.93. The number of phosphoric ester groups is 1. The average molecular weight is 510 g/mol. The fourth-order valence-corrected chi connectivity index (χ4v) is 10.1. The monoisotopic (exact) mass is 509 g/mol. The number of allylic oxidation sites excluding steroid dienone is 1. The van der Waals surface area contributed by atoms with Gasteiger partial charge in [0.1, 0.15) is 0 Å². The molecule has 0 amide bonds. The third kappa shape index (κ3) is 5.65. The Labute approximate surface area is 214 Å². The Bertz CT molecular complexity index is 815. The van der Waals surface area contributed by atoms with Crippen LogP contribution in [0.2, 0.25) is 0 Å². The van der Waals surface area contributed by atoms with E-state index in [4.69, 9.17) is 14.8 Å². The topological polar surface area (TPSA) is 81.8 Å². The summed E-state index contributed by atoms with van der Waals surface area (Å²) >= 11 is 0. The van der Waals surface area contributed by atoms with Gasteiger partial charge in [-0.05, 0) is 97.7 Å². The molecule has 5 nitrogen and oxygen atoms in total. The molecule has 0 spiro atoms. The van der Waals surface area contributed by atoms with E-state index in [1.807, 2.05) is 0 Å². The molecule has 6 heteroatoms. The molecule has 3 saturated carbocycles. The summed E-state index contributed by atoms with van der Waals surface area (Å²) in [5, 5.41) is 0. The molecule has 0 aromatic carbocycles. The van der Waals surface area contributed by atoms with Crippen molar-refractivity contribution >= 4 is 7.82 Å². The van der Waals surface area contributed by atoms with Gasteiger partial charge in [-0.15, -0.1) is 0 Å². The molecule has 0 bridgehead atoms. The van der Waals surface area contributed by atoms with E-state index in [2.05, 4.69) is 40.7 Å². The Morgan fingerprint density at radius 3 is 2.60 bits per heavy atom. The van der Waals surface area contributed by atoms with Gasteiger partial charge >= 0.3 is 7.82 Å². The van der Waals surface area contributed by atoms with Crippen molar-refractivity contribution in [2.75, 3.05) is 13.2 Å². The highest BCUT2D eigenvalue weighted by atomic mass is 31.2. The van der Waals surface area contributed by atoms with Crippen molar-refractivity contribution in [1.29, 1.82) is 0 Å². The molecule has 35 heavy (non-hydrogen) atoms. The molecule has 4 aliphatic rings. The lowest BCUT2D eigenvalue weighted by molar-refractivity contribution is -0.0573. The van der Waals surface area contributed by atoms with E-state index < -0.39 is 7.82 Å². The van der Waals surface area contributed by atoms with Gasteiger partial charge in [0, 0.05) is 6.54 Å². The number of hydrogen-bond donors (Lipinski definition) is 2. The molecule has 202 valence electrons. The molecule has 0 saturated heterocycles. The minimum Gasteiger partial charge on any atom is -0.328 e. The zero-order valence-corrected chi connectivity index (χ0v) is 23.9. The minimum atomic E-state index is -4.04. The van der Waals surface area contributed by atoms with Crippen LogP contribution in [-0.4, -0.2) is 24.1 Å². The van der Waals surface area contributed by atoms with Gasteiger partial charge in [-0.2, -0.15) is 0 Å². The molecule has 4 aliphatic carbocycles. The highest BCUT2D eigenvalue weighted by molar-refractivity contribution is 7.47. The van der Waals surface area contributed by atoms with Crippen LogP contribution in [0, 0.1) is 46.3 Å². The van der Waals surface area contributed by atoms with Crippen molar-refractivity contribution in [1.82, 2.24) is 0 Å². The van der Waals surface area contributed by atoms with E-state index in [9.17, 15) is 9.46 Å². The summed E-state index contributed by atoms with van der Waals surface area (Å²) in [7, 11) is -4.04. The van der Waals surface area contributed by atoms with Gasteiger partial charge in [-0.25, -0.2) is 4.57 Å². The van der Waals surface area contributed by atoms with Crippen molar-refractivity contribution in [3.63, 3.8) is 0 Å². The van der Waals surface area contributed by atoms with E-state index in [1.165, 1.54) is 56.9 Å². The predicted octanol–water partition coefficient (Wildman–Crippen LogP) is 7.49. The van der Waals surface area contributed by atoms with Crippen LogP contribution in [0.3, 0.4) is 0 Å². The van der Waals surface area contributed by atoms with E-state index in [0.717, 1.165) is 54.8 Å². The second kappa shape index (κ2) is 10.9. The van der Waals surface area contributed by atoms with Crippen molar-refractivity contribution in [2.45, 2.75) is 111 Å². The molecule has 3 fully saturated rings. The van der Waals surface area contributed by atoms with Crippen LogP contribution >= 0.6 is 7.82 Å². The summed E-state index contributed by atoms with van der Waals surface area (Å²) in [6, 6.07) is 0. The van der Waals surface area contributed by atoms with Crippen LogP contribution < -0.4 is 5.73 Å². The average Bonchev–Trinajstić information content (AvgIpc) is 3.15. The SMILES string of the molecule is CC(C)CCC[C@@H](C)[C@H]1CC[C@H]2[C@@H]3CC=C4C[C@@H](OP(=O)(O)OCCN)CC[C@]4(C)[C@H]3CC[C@]12C. The highest BCUT2D eigenvalue weighted by Gasteiger charge is 2.59. The maximum absolute atomic E-state index is 12.3. The normalized spacial score (nSPS) is 41.5. The molecule has 4 rings (SSSR count). The Morgan fingerprint density at radius 1 is 1.11 bits per heavy atom. The first-order valence-electron chi connectivity index (χ1n) is 14.6. The van der Waals surface area contributed by atoms with E-state index >= 15 is 0 Å². The maximum atomic E-state index is 12.3. The molecule has 0 radical (unpaired) electrons. The fraction of sp³-hybridized carbons (Fsp3) is 0.931.